The van der Waals surface area contributed by atoms with Crippen molar-refractivity contribution in [1.82, 2.24) is 0 Å². The maximum atomic E-state index is 11.9. The van der Waals surface area contributed by atoms with E-state index in [1.807, 2.05) is 0 Å². The summed E-state index contributed by atoms with van der Waals surface area (Å²) >= 11 is 1.71. The van der Waals surface area contributed by atoms with Crippen molar-refractivity contribution < 1.29 is 17.9 Å². The molecule has 0 aliphatic rings. The maximum Gasteiger partial charge on any atom is 0.573 e. The van der Waals surface area contributed by atoms with Crippen molar-refractivity contribution >= 4 is 11.8 Å². The van der Waals surface area contributed by atoms with Crippen molar-refractivity contribution in [1.29, 1.82) is 0 Å². The molecule has 2 N–H and O–H groups in total. The van der Waals surface area contributed by atoms with Crippen LogP contribution in [-0.2, 0) is 5.75 Å². The molecule has 2 nitrogen and oxygen atoms in total. The minimum Gasteiger partial charge on any atom is -0.406 e. The van der Waals surface area contributed by atoms with Gasteiger partial charge < -0.3 is 10.5 Å². The average molecular weight is 265 g/mol. The molecule has 17 heavy (non-hydrogen) atoms. The van der Waals surface area contributed by atoms with Gasteiger partial charge in [-0.05, 0) is 36.4 Å². The van der Waals surface area contributed by atoms with Gasteiger partial charge in [0.1, 0.15) is 5.75 Å². The number of thioether (sulfide) groups is 1. The van der Waals surface area contributed by atoms with Gasteiger partial charge in [-0.1, -0.05) is 12.1 Å². The molecular formula is C11H14F3NOS. The van der Waals surface area contributed by atoms with Gasteiger partial charge >= 0.3 is 6.36 Å². The van der Waals surface area contributed by atoms with E-state index in [9.17, 15) is 13.2 Å². The Morgan fingerprint density at radius 2 is 1.82 bits per heavy atom. The van der Waals surface area contributed by atoms with Crippen LogP contribution in [0.15, 0.2) is 24.3 Å². The summed E-state index contributed by atoms with van der Waals surface area (Å²) < 4.78 is 39.4. The number of benzene rings is 1. The summed E-state index contributed by atoms with van der Waals surface area (Å²) in [6, 6.07) is 5.92. The molecule has 96 valence electrons. The van der Waals surface area contributed by atoms with Crippen LogP contribution in [-0.4, -0.2) is 18.7 Å². The normalized spacial score (nSPS) is 11.5. The zero-order chi connectivity index (χ0) is 12.7. The molecule has 1 aromatic rings. The quantitative estimate of drug-likeness (QED) is 0.802. The first-order valence-electron chi connectivity index (χ1n) is 5.14. The Morgan fingerprint density at radius 1 is 1.18 bits per heavy atom. The zero-order valence-corrected chi connectivity index (χ0v) is 9.98. The predicted octanol–water partition coefficient (Wildman–Crippen LogP) is 3.17. The summed E-state index contributed by atoms with van der Waals surface area (Å²) in [4.78, 5) is 0. The van der Waals surface area contributed by atoms with E-state index in [-0.39, 0.29) is 5.75 Å². The molecule has 6 heteroatoms. The SMILES string of the molecule is NCCCSCc1ccc(OC(F)(F)F)cc1. The van der Waals surface area contributed by atoms with Crippen LogP contribution in [0.4, 0.5) is 13.2 Å². The minimum atomic E-state index is -4.63. The van der Waals surface area contributed by atoms with Gasteiger partial charge in [0, 0.05) is 5.75 Å². The molecule has 0 unspecified atom stereocenters. The van der Waals surface area contributed by atoms with Gasteiger partial charge in [-0.25, -0.2) is 0 Å². The molecule has 0 aromatic heterocycles. The van der Waals surface area contributed by atoms with Crippen LogP contribution in [0.25, 0.3) is 0 Å². The molecule has 1 aromatic carbocycles. The second kappa shape index (κ2) is 6.76. The van der Waals surface area contributed by atoms with Crippen molar-refractivity contribution in [2.24, 2.45) is 5.73 Å². The number of rotatable bonds is 6. The molecule has 0 aliphatic heterocycles. The highest BCUT2D eigenvalue weighted by molar-refractivity contribution is 7.98. The third-order valence-corrected chi connectivity index (χ3v) is 3.03. The largest absolute Gasteiger partial charge is 0.573 e. The maximum absolute atomic E-state index is 11.9. The second-order valence-corrected chi connectivity index (χ2v) is 4.49. The molecule has 0 saturated carbocycles. The Hall–Kier alpha value is -0.880. The molecule has 0 fully saturated rings. The Kier molecular flexibility index (Phi) is 5.64. The van der Waals surface area contributed by atoms with E-state index in [4.69, 9.17) is 5.73 Å². The van der Waals surface area contributed by atoms with Gasteiger partial charge in [0.2, 0.25) is 0 Å². The second-order valence-electron chi connectivity index (χ2n) is 3.39. The molecule has 0 bridgehead atoms. The number of hydrogen-bond acceptors (Lipinski definition) is 3. The topological polar surface area (TPSA) is 35.2 Å². The van der Waals surface area contributed by atoms with Gasteiger partial charge in [0.15, 0.2) is 0 Å². The lowest BCUT2D eigenvalue weighted by molar-refractivity contribution is -0.274. The molecule has 0 heterocycles. The van der Waals surface area contributed by atoms with Crippen LogP contribution in [0, 0.1) is 0 Å². The van der Waals surface area contributed by atoms with Crippen LogP contribution in [0.5, 0.6) is 5.75 Å². The highest BCUT2D eigenvalue weighted by Gasteiger charge is 2.30. The summed E-state index contributed by atoms with van der Waals surface area (Å²) in [5.41, 5.74) is 6.32. The lowest BCUT2D eigenvalue weighted by Crippen LogP contribution is -2.16. The first-order chi connectivity index (χ1) is 8.01. The van der Waals surface area contributed by atoms with Crippen LogP contribution in [0.2, 0.25) is 0 Å². The standard InChI is InChI=1S/C11H14F3NOS/c12-11(13,14)16-10-4-2-9(3-5-10)8-17-7-1-6-15/h2-5H,1,6-8,15H2. The van der Waals surface area contributed by atoms with E-state index in [1.54, 1.807) is 23.9 Å². The Bertz CT molecular complexity index is 326. The van der Waals surface area contributed by atoms with Crippen molar-refractivity contribution in [3.63, 3.8) is 0 Å². The van der Waals surface area contributed by atoms with Gasteiger partial charge in [0.25, 0.3) is 0 Å². The molecule has 0 aliphatic carbocycles. The van der Waals surface area contributed by atoms with Gasteiger partial charge in [-0.2, -0.15) is 11.8 Å². The number of hydrogen-bond donors (Lipinski definition) is 1. The summed E-state index contributed by atoms with van der Waals surface area (Å²) in [6.45, 7) is 0.658. The number of alkyl halides is 3. The van der Waals surface area contributed by atoms with Crippen molar-refractivity contribution in [3.05, 3.63) is 29.8 Å². The number of ether oxygens (including phenoxy) is 1. The van der Waals surface area contributed by atoms with E-state index in [0.29, 0.717) is 6.54 Å². The van der Waals surface area contributed by atoms with Crippen LogP contribution in [0.3, 0.4) is 0 Å². The van der Waals surface area contributed by atoms with Crippen LogP contribution >= 0.6 is 11.8 Å². The fourth-order valence-electron chi connectivity index (χ4n) is 1.16. The first-order valence-corrected chi connectivity index (χ1v) is 6.29. The van der Waals surface area contributed by atoms with Crippen molar-refractivity contribution in [3.8, 4) is 5.75 Å². The molecule has 0 saturated heterocycles. The molecule has 0 spiro atoms. The highest BCUT2D eigenvalue weighted by atomic mass is 32.2. The summed E-state index contributed by atoms with van der Waals surface area (Å²) in [7, 11) is 0. The summed E-state index contributed by atoms with van der Waals surface area (Å²) in [5.74, 6) is 1.54. The third-order valence-electron chi connectivity index (χ3n) is 1.92. The highest BCUT2D eigenvalue weighted by Crippen LogP contribution is 2.23. The molecule has 0 radical (unpaired) electrons. The molecule has 1 rings (SSSR count). The Labute approximate surface area is 102 Å². The fraction of sp³-hybridized carbons (Fsp3) is 0.455. The smallest absolute Gasteiger partial charge is 0.406 e. The van der Waals surface area contributed by atoms with Gasteiger partial charge in [-0.15, -0.1) is 13.2 Å². The van der Waals surface area contributed by atoms with E-state index in [2.05, 4.69) is 4.74 Å². The van der Waals surface area contributed by atoms with E-state index in [1.165, 1.54) is 12.1 Å². The Morgan fingerprint density at radius 3 is 2.35 bits per heavy atom. The summed E-state index contributed by atoms with van der Waals surface area (Å²) in [5, 5.41) is 0. The van der Waals surface area contributed by atoms with E-state index >= 15 is 0 Å². The van der Waals surface area contributed by atoms with Crippen molar-refractivity contribution in [2.75, 3.05) is 12.3 Å². The van der Waals surface area contributed by atoms with Gasteiger partial charge in [0.05, 0.1) is 0 Å². The summed E-state index contributed by atoms with van der Waals surface area (Å²) in [6.07, 6.45) is -3.68. The number of nitrogens with two attached hydrogens (primary N) is 1. The molecular weight excluding hydrogens is 251 g/mol. The molecule has 0 atom stereocenters. The predicted molar refractivity (Wildman–Crippen MR) is 63.0 cm³/mol. The minimum absolute atomic E-state index is 0.187. The lowest BCUT2D eigenvalue weighted by atomic mass is 10.2. The van der Waals surface area contributed by atoms with E-state index in [0.717, 1.165) is 23.5 Å². The first kappa shape index (κ1) is 14.2. The van der Waals surface area contributed by atoms with E-state index < -0.39 is 6.36 Å². The molecule has 0 amide bonds. The number of halogens is 3. The lowest BCUT2D eigenvalue weighted by Gasteiger charge is -2.09. The fourth-order valence-corrected chi connectivity index (χ4v) is 2.11. The van der Waals surface area contributed by atoms with Gasteiger partial charge in [-0.3, -0.25) is 0 Å². The zero-order valence-electron chi connectivity index (χ0n) is 9.17. The monoisotopic (exact) mass is 265 g/mol. The van der Waals surface area contributed by atoms with Crippen LogP contribution < -0.4 is 10.5 Å². The van der Waals surface area contributed by atoms with Crippen molar-refractivity contribution in [2.45, 2.75) is 18.5 Å². The Balaban J connectivity index is 2.39. The average Bonchev–Trinajstić information content (AvgIpc) is 2.25. The third kappa shape index (κ3) is 6.43. The van der Waals surface area contributed by atoms with Crippen LogP contribution in [0.1, 0.15) is 12.0 Å².